The Morgan fingerprint density at radius 2 is 0.986 bits per heavy atom. The molecule has 6 heteroatoms. The molecule has 0 N–H and O–H groups in total. The van der Waals surface area contributed by atoms with Gasteiger partial charge in [0, 0.05) is 71.7 Å². The summed E-state index contributed by atoms with van der Waals surface area (Å²) in [7, 11) is -1.33. The van der Waals surface area contributed by atoms with Crippen LogP contribution in [0.3, 0.4) is 0 Å². The van der Waals surface area contributed by atoms with E-state index in [1.165, 1.54) is 44.1 Å². The van der Waals surface area contributed by atoms with E-state index < -0.39 is 8.07 Å². The van der Waals surface area contributed by atoms with Crippen LogP contribution < -0.4 is 5.19 Å². The molecule has 0 atom stereocenters. The van der Waals surface area contributed by atoms with Gasteiger partial charge in [0.15, 0.2) is 0 Å². The Kier molecular flexibility index (Phi) is 16.9. The number of nitrogens with zero attached hydrogens (tertiary/aromatic N) is 3. The first-order chi connectivity index (χ1) is 32.9. The first-order valence-corrected chi connectivity index (χ1v) is 27.5. The molecule has 10 rings (SSSR count). The average molecular weight is 1100 g/mol. The molecule has 0 spiro atoms. The predicted octanol–water partition coefficient (Wildman–Crippen LogP) is 16.7. The van der Waals surface area contributed by atoms with E-state index in [0.29, 0.717) is 11.8 Å². The third-order valence-electron chi connectivity index (χ3n) is 12.0. The van der Waals surface area contributed by atoms with Crippen molar-refractivity contribution >= 4 is 35.2 Å². The molecule has 1 radical (unpaired) electrons. The largest absolute Gasteiger partial charge is 0.455 e. The van der Waals surface area contributed by atoms with Gasteiger partial charge in [0.25, 0.3) is 0 Å². The third-order valence-corrected chi connectivity index (χ3v) is 14.1. The number of rotatable bonds is 10. The number of furan rings is 1. The zero-order valence-corrected chi connectivity index (χ0v) is 44.6. The van der Waals surface area contributed by atoms with E-state index in [-0.39, 0.29) is 20.1 Å². The summed E-state index contributed by atoms with van der Waals surface area (Å²) in [6, 6.07) is 63.2. The van der Waals surface area contributed by atoms with Crippen molar-refractivity contribution in [1.29, 1.82) is 0 Å². The van der Waals surface area contributed by atoms with Crippen molar-refractivity contribution in [3.8, 4) is 56.0 Å². The van der Waals surface area contributed by atoms with Gasteiger partial charge in [-0.1, -0.05) is 187 Å². The second-order valence-electron chi connectivity index (χ2n) is 19.6. The Labute approximate surface area is 424 Å². The van der Waals surface area contributed by atoms with Crippen LogP contribution in [0.15, 0.2) is 205 Å². The number of aryl methyl sites for hydroxylation is 1. The maximum Gasteiger partial charge on any atom is 0.144 e. The van der Waals surface area contributed by atoms with Crippen molar-refractivity contribution in [2.24, 2.45) is 11.8 Å². The maximum absolute atomic E-state index is 6.69. The Bertz CT molecular complexity index is 3220. The van der Waals surface area contributed by atoms with Crippen LogP contribution >= 0.6 is 0 Å². The molecule has 0 bridgehead atoms. The molecular weight excluding hydrogens is 1040 g/mol. The molecule has 349 valence electrons. The van der Waals surface area contributed by atoms with E-state index in [2.05, 4.69) is 216 Å². The van der Waals surface area contributed by atoms with Crippen LogP contribution in [-0.4, -0.2) is 23.0 Å². The van der Waals surface area contributed by atoms with E-state index >= 15 is 0 Å². The number of pyridine rings is 3. The molecule has 4 aromatic heterocycles. The molecule has 0 fully saturated rings. The van der Waals surface area contributed by atoms with Crippen molar-refractivity contribution in [3.05, 3.63) is 217 Å². The minimum atomic E-state index is -1.33. The van der Waals surface area contributed by atoms with Crippen molar-refractivity contribution < 1.29 is 24.5 Å². The van der Waals surface area contributed by atoms with Crippen LogP contribution in [0.2, 0.25) is 19.6 Å². The van der Waals surface area contributed by atoms with Gasteiger partial charge in [-0.25, -0.2) is 0 Å². The minimum Gasteiger partial charge on any atom is -0.455 e. The molecule has 0 saturated carbocycles. The minimum absolute atomic E-state index is 0. The van der Waals surface area contributed by atoms with E-state index in [0.717, 1.165) is 68.6 Å². The molecule has 69 heavy (non-hydrogen) atoms. The first-order valence-electron chi connectivity index (χ1n) is 24.0. The summed E-state index contributed by atoms with van der Waals surface area (Å²) in [6.45, 7) is 18.3. The zero-order chi connectivity index (χ0) is 47.6. The number of aromatic nitrogens is 3. The van der Waals surface area contributed by atoms with E-state index in [9.17, 15) is 0 Å². The molecule has 6 aromatic carbocycles. The molecule has 4 nitrogen and oxygen atoms in total. The van der Waals surface area contributed by atoms with E-state index in [1.807, 2.05) is 48.8 Å². The van der Waals surface area contributed by atoms with Crippen molar-refractivity contribution in [3.63, 3.8) is 0 Å². The fourth-order valence-corrected chi connectivity index (χ4v) is 10.5. The van der Waals surface area contributed by atoms with Crippen molar-refractivity contribution in [2.45, 2.75) is 67.1 Å². The van der Waals surface area contributed by atoms with Gasteiger partial charge in [0.2, 0.25) is 0 Å². The quantitative estimate of drug-likeness (QED) is 0.128. The van der Waals surface area contributed by atoms with Crippen LogP contribution in [0.4, 0.5) is 0 Å². The summed E-state index contributed by atoms with van der Waals surface area (Å²) < 4.78 is 6.69. The van der Waals surface area contributed by atoms with Gasteiger partial charge in [-0.3, -0.25) is 15.0 Å². The number of hydrogen-bond acceptors (Lipinski definition) is 4. The monoisotopic (exact) mass is 1100 g/mol. The third kappa shape index (κ3) is 12.6. The Balaban J connectivity index is 0.000000164. The summed E-state index contributed by atoms with van der Waals surface area (Å²) >= 11 is 0. The van der Waals surface area contributed by atoms with E-state index in [4.69, 9.17) is 9.40 Å². The molecule has 0 aliphatic heterocycles. The first kappa shape index (κ1) is 50.3. The standard InChI is InChI=1S/C30H21NO.C18H25NSi.C15H17N.Ir/c1-20-17-18-31-27(19-20)25-13-8-14-26-28-23(21-9-4-2-5-10-21)15-16-24(30(28)32-29(25)26)22-11-6-3-7-12-22;1-14(2)11-16-12-17(15-9-7-6-8-10-15)19-13-18(16)20(3,4)5;1-12(2)10-13-8-9-16-15(11-13)14-6-4-3-5-7-14;/h2-19H,1H3;6-10,12-14H,11H2,1-5H3;3-9,11-12H,10H2,1-2H3;. The summed E-state index contributed by atoms with van der Waals surface area (Å²) in [5, 5.41) is 3.75. The van der Waals surface area contributed by atoms with E-state index in [1.54, 1.807) is 0 Å². The van der Waals surface area contributed by atoms with Crippen molar-refractivity contribution in [2.75, 3.05) is 0 Å². The van der Waals surface area contributed by atoms with Crippen LogP contribution in [0.5, 0.6) is 0 Å². The summed E-state index contributed by atoms with van der Waals surface area (Å²) in [6.07, 6.45) is 8.15. The molecule has 0 saturated heterocycles. The van der Waals surface area contributed by atoms with Crippen LogP contribution in [0, 0.1) is 18.8 Å². The second-order valence-corrected chi connectivity index (χ2v) is 24.6. The Morgan fingerprint density at radius 1 is 0.464 bits per heavy atom. The molecule has 0 aliphatic carbocycles. The van der Waals surface area contributed by atoms with Crippen molar-refractivity contribution in [1.82, 2.24) is 15.0 Å². The smallest absolute Gasteiger partial charge is 0.144 e. The van der Waals surface area contributed by atoms with Gasteiger partial charge in [-0.15, -0.1) is 0 Å². The maximum atomic E-state index is 6.69. The van der Waals surface area contributed by atoms with Gasteiger partial charge in [0.05, 0.1) is 25.2 Å². The topological polar surface area (TPSA) is 51.8 Å². The second kappa shape index (κ2) is 23.2. The number of fused-ring (bicyclic) bond motifs is 3. The predicted molar refractivity (Wildman–Crippen MR) is 292 cm³/mol. The summed E-state index contributed by atoms with van der Waals surface area (Å²) in [5.74, 6) is 1.36. The van der Waals surface area contributed by atoms with Gasteiger partial charge in [0.1, 0.15) is 11.2 Å². The fraction of sp³-hybridized carbons (Fsp3) is 0.190. The fourth-order valence-electron chi connectivity index (χ4n) is 8.88. The number of hydrogen-bond donors (Lipinski definition) is 0. The van der Waals surface area contributed by atoms with Crippen LogP contribution in [-0.2, 0) is 32.9 Å². The molecule has 0 aliphatic rings. The average Bonchev–Trinajstić information content (AvgIpc) is 3.75. The molecular formula is C63H63IrN3OSi. The normalized spacial score (nSPS) is 11.2. The molecule has 10 aromatic rings. The Morgan fingerprint density at radius 3 is 1.55 bits per heavy atom. The van der Waals surface area contributed by atoms with Gasteiger partial charge < -0.3 is 4.42 Å². The number of para-hydroxylation sites is 1. The molecule has 0 amide bonds. The van der Waals surface area contributed by atoms with Gasteiger partial charge >= 0.3 is 0 Å². The van der Waals surface area contributed by atoms with Crippen LogP contribution in [0.25, 0.3) is 78.0 Å². The molecule has 0 unspecified atom stereocenters. The van der Waals surface area contributed by atoms with Crippen LogP contribution in [0.1, 0.15) is 44.4 Å². The van der Waals surface area contributed by atoms with Gasteiger partial charge in [-0.05, 0) is 113 Å². The Hall–Kier alpha value is -6.56. The zero-order valence-electron chi connectivity index (χ0n) is 41.2. The summed E-state index contributed by atoms with van der Waals surface area (Å²) in [4.78, 5) is 13.8. The summed E-state index contributed by atoms with van der Waals surface area (Å²) in [5.41, 5.74) is 16.9. The molecule has 4 heterocycles. The SMILES string of the molecule is CC(C)Cc1cc(-c2ccccc2)ncc1[Si](C)(C)C.CC(C)Cc1ccnc(-c2ccccc2)c1.Cc1ccnc(-c2cccc3c2oc2c(-c4ccccc4)ccc(-c4ccccc4)c23)c1.[Ir]. The van der Waals surface area contributed by atoms with Gasteiger partial charge in [-0.2, -0.15) is 0 Å². The number of benzene rings is 6.